The Labute approximate surface area is 167 Å². The lowest BCUT2D eigenvalue weighted by Crippen LogP contribution is -2.40. The molecule has 148 valence electrons. The van der Waals surface area contributed by atoms with Crippen molar-refractivity contribution < 1.29 is 4.79 Å². The Bertz CT molecular complexity index is 618. The van der Waals surface area contributed by atoms with Gasteiger partial charge in [-0.1, -0.05) is 18.2 Å². The molecule has 2 fully saturated rings. The third kappa shape index (κ3) is 7.09. The number of guanidine groups is 1. The predicted molar refractivity (Wildman–Crippen MR) is 113 cm³/mol. The molecule has 0 spiro atoms. The van der Waals surface area contributed by atoms with Crippen LogP contribution in [0.1, 0.15) is 39.0 Å². The van der Waals surface area contributed by atoms with Crippen molar-refractivity contribution in [1.82, 2.24) is 15.5 Å². The molecule has 1 heterocycles. The second-order valence-corrected chi connectivity index (χ2v) is 8.50. The van der Waals surface area contributed by atoms with Crippen molar-refractivity contribution in [3.05, 3.63) is 30.3 Å². The van der Waals surface area contributed by atoms with Crippen molar-refractivity contribution >= 4 is 23.6 Å². The minimum Gasteiger partial charge on any atom is -0.357 e. The first-order valence-corrected chi connectivity index (χ1v) is 11.2. The van der Waals surface area contributed by atoms with Gasteiger partial charge in [0.15, 0.2) is 5.96 Å². The van der Waals surface area contributed by atoms with Gasteiger partial charge in [-0.25, -0.2) is 0 Å². The maximum absolute atomic E-state index is 11.8. The molecule has 1 saturated heterocycles. The number of amides is 1. The van der Waals surface area contributed by atoms with Crippen molar-refractivity contribution in [2.45, 2.75) is 50.0 Å². The van der Waals surface area contributed by atoms with Gasteiger partial charge in [-0.3, -0.25) is 9.79 Å². The summed E-state index contributed by atoms with van der Waals surface area (Å²) in [5.41, 5.74) is 0. The fraction of sp³-hybridized carbons (Fsp3) is 0.619. The summed E-state index contributed by atoms with van der Waals surface area (Å²) in [7, 11) is 0. The van der Waals surface area contributed by atoms with Crippen LogP contribution in [-0.2, 0) is 4.79 Å². The van der Waals surface area contributed by atoms with Gasteiger partial charge < -0.3 is 15.5 Å². The first-order valence-electron chi connectivity index (χ1n) is 10.2. The van der Waals surface area contributed by atoms with E-state index in [1.807, 2.05) is 11.8 Å². The molecule has 1 aliphatic carbocycles. The molecule has 5 nitrogen and oxygen atoms in total. The summed E-state index contributed by atoms with van der Waals surface area (Å²) in [6.07, 6.45) is 4.90. The maximum atomic E-state index is 11.8. The lowest BCUT2D eigenvalue weighted by molar-refractivity contribution is -0.121. The van der Waals surface area contributed by atoms with Crippen LogP contribution < -0.4 is 10.6 Å². The molecular weight excluding hydrogens is 356 g/mol. The SMILES string of the molecule is CCNC(=NCCCC(=O)NC1CC1)N1CCC(CSc2ccccc2)C1. The van der Waals surface area contributed by atoms with Crippen LogP contribution in [0.5, 0.6) is 0 Å². The average Bonchev–Trinajstić information content (AvgIpc) is 3.37. The summed E-state index contributed by atoms with van der Waals surface area (Å²) in [5.74, 6) is 3.04. The zero-order valence-corrected chi connectivity index (χ0v) is 17.1. The molecule has 0 radical (unpaired) electrons. The molecular formula is C21H32N4OS. The van der Waals surface area contributed by atoms with E-state index in [1.165, 1.54) is 11.3 Å². The van der Waals surface area contributed by atoms with Gasteiger partial charge in [-0.2, -0.15) is 0 Å². The van der Waals surface area contributed by atoms with Crippen molar-refractivity contribution in [2.75, 3.05) is 31.9 Å². The second kappa shape index (κ2) is 10.6. The van der Waals surface area contributed by atoms with E-state index in [4.69, 9.17) is 4.99 Å². The van der Waals surface area contributed by atoms with Crippen molar-refractivity contribution in [1.29, 1.82) is 0 Å². The average molecular weight is 389 g/mol. The van der Waals surface area contributed by atoms with E-state index in [0.29, 0.717) is 24.9 Å². The van der Waals surface area contributed by atoms with Crippen LogP contribution >= 0.6 is 11.8 Å². The lowest BCUT2D eigenvalue weighted by atomic mass is 10.2. The molecule has 3 rings (SSSR count). The van der Waals surface area contributed by atoms with E-state index >= 15 is 0 Å². The second-order valence-electron chi connectivity index (χ2n) is 7.41. The number of rotatable bonds is 9. The molecule has 2 N–H and O–H groups in total. The Morgan fingerprint density at radius 1 is 1.26 bits per heavy atom. The highest BCUT2D eigenvalue weighted by molar-refractivity contribution is 7.99. The van der Waals surface area contributed by atoms with Gasteiger partial charge in [-0.15, -0.1) is 11.8 Å². The highest BCUT2D eigenvalue weighted by atomic mass is 32.2. The van der Waals surface area contributed by atoms with Gasteiger partial charge in [0, 0.05) is 49.3 Å². The van der Waals surface area contributed by atoms with Crippen LogP contribution in [0.25, 0.3) is 0 Å². The van der Waals surface area contributed by atoms with Crippen LogP contribution in [-0.4, -0.2) is 54.7 Å². The van der Waals surface area contributed by atoms with Crippen LogP contribution in [0.15, 0.2) is 40.2 Å². The van der Waals surface area contributed by atoms with Crippen LogP contribution in [0, 0.1) is 5.92 Å². The number of benzene rings is 1. The highest BCUT2D eigenvalue weighted by Crippen LogP contribution is 2.25. The van der Waals surface area contributed by atoms with Crippen molar-refractivity contribution in [3.8, 4) is 0 Å². The van der Waals surface area contributed by atoms with Crippen molar-refractivity contribution in [2.24, 2.45) is 10.9 Å². The van der Waals surface area contributed by atoms with Gasteiger partial charge in [-0.05, 0) is 50.7 Å². The van der Waals surface area contributed by atoms with Gasteiger partial charge in [0.25, 0.3) is 0 Å². The first-order chi connectivity index (χ1) is 13.2. The maximum Gasteiger partial charge on any atom is 0.220 e. The van der Waals surface area contributed by atoms with Crippen LogP contribution in [0.3, 0.4) is 0 Å². The number of carbonyl (C=O) groups excluding carboxylic acids is 1. The molecule has 1 amide bonds. The Morgan fingerprint density at radius 2 is 2.07 bits per heavy atom. The molecule has 1 unspecified atom stereocenters. The van der Waals surface area contributed by atoms with Gasteiger partial charge >= 0.3 is 0 Å². The molecule has 1 aromatic carbocycles. The third-order valence-electron chi connectivity index (χ3n) is 4.92. The quantitative estimate of drug-likeness (QED) is 0.295. The lowest BCUT2D eigenvalue weighted by Gasteiger charge is -2.21. The Kier molecular flexibility index (Phi) is 7.87. The zero-order chi connectivity index (χ0) is 18.9. The number of likely N-dealkylation sites (tertiary alicyclic amines) is 1. The normalized spacial score (nSPS) is 20.0. The Morgan fingerprint density at radius 3 is 2.81 bits per heavy atom. The van der Waals surface area contributed by atoms with Gasteiger partial charge in [0.05, 0.1) is 0 Å². The number of hydrogen-bond donors (Lipinski definition) is 2. The molecule has 1 saturated carbocycles. The van der Waals surface area contributed by atoms with E-state index in [9.17, 15) is 4.79 Å². The predicted octanol–water partition coefficient (Wildman–Crippen LogP) is 3.12. The fourth-order valence-electron chi connectivity index (χ4n) is 3.27. The molecule has 0 bridgehead atoms. The highest BCUT2D eigenvalue weighted by Gasteiger charge is 2.25. The van der Waals surface area contributed by atoms with Crippen LogP contribution in [0.2, 0.25) is 0 Å². The summed E-state index contributed by atoms with van der Waals surface area (Å²) >= 11 is 1.95. The molecule has 0 aromatic heterocycles. The number of hydrogen-bond acceptors (Lipinski definition) is 3. The minimum atomic E-state index is 0.178. The van der Waals surface area contributed by atoms with E-state index in [0.717, 1.165) is 50.6 Å². The molecule has 1 aromatic rings. The third-order valence-corrected chi connectivity index (χ3v) is 6.16. The standard InChI is InChI=1S/C21H32N4OS/c1-2-22-21(23-13-6-9-20(26)24-18-10-11-18)25-14-12-17(15-25)16-27-19-7-4-3-5-8-19/h3-5,7-8,17-18H,2,6,9-16H2,1H3,(H,22,23)(H,24,26). The number of carbonyl (C=O) groups is 1. The molecule has 27 heavy (non-hydrogen) atoms. The smallest absolute Gasteiger partial charge is 0.220 e. The van der Waals surface area contributed by atoms with E-state index in [-0.39, 0.29) is 5.91 Å². The molecule has 1 aliphatic heterocycles. The molecule has 1 atom stereocenters. The molecule has 6 heteroatoms. The fourth-order valence-corrected chi connectivity index (χ4v) is 4.32. The van der Waals surface area contributed by atoms with E-state index in [1.54, 1.807) is 0 Å². The Hall–Kier alpha value is -1.69. The Balaban J connectivity index is 1.40. The largest absolute Gasteiger partial charge is 0.357 e. The summed E-state index contributed by atoms with van der Waals surface area (Å²) in [6.45, 7) is 5.82. The summed E-state index contributed by atoms with van der Waals surface area (Å²) < 4.78 is 0. The van der Waals surface area contributed by atoms with Crippen LogP contribution in [0.4, 0.5) is 0 Å². The van der Waals surface area contributed by atoms with Crippen molar-refractivity contribution in [3.63, 3.8) is 0 Å². The number of aliphatic imine (C=N–C) groups is 1. The first kappa shape index (κ1) is 20.1. The zero-order valence-electron chi connectivity index (χ0n) is 16.3. The number of nitrogens with one attached hydrogen (secondary N) is 2. The minimum absolute atomic E-state index is 0.178. The topological polar surface area (TPSA) is 56.7 Å². The van der Waals surface area contributed by atoms with E-state index < -0.39 is 0 Å². The molecule has 2 aliphatic rings. The van der Waals surface area contributed by atoms with E-state index in [2.05, 4.69) is 52.8 Å². The number of nitrogens with zero attached hydrogens (tertiary/aromatic N) is 2. The number of thioether (sulfide) groups is 1. The van der Waals surface area contributed by atoms with Gasteiger partial charge in [0.1, 0.15) is 0 Å². The summed E-state index contributed by atoms with van der Waals surface area (Å²) in [4.78, 5) is 20.3. The summed E-state index contributed by atoms with van der Waals surface area (Å²) in [6, 6.07) is 11.1. The monoisotopic (exact) mass is 388 g/mol. The van der Waals surface area contributed by atoms with Gasteiger partial charge in [0.2, 0.25) is 5.91 Å². The summed E-state index contributed by atoms with van der Waals surface area (Å²) in [5, 5.41) is 6.46.